The Kier molecular flexibility index (Phi) is 68.8. The summed E-state index contributed by atoms with van der Waals surface area (Å²) in [6.07, 6.45) is 104. The van der Waals surface area contributed by atoms with Gasteiger partial charge in [-0.25, -0.2) is 0 Å². The van der Waals surface area contributed by atoms with Crippen LogP contribution in [0, 0.1) is 0 Å². The molecule has 0 amide bonds. The first-order valence-corrected chi connectivity index (χ1v) is 35.4. The molecule has 0 aliphatic carbocycles. The molecule has 1 N–H and O–H groups in total. The van der Waals surface area contributed by atoms with E-state index in [9.17, 15) is 14.7 Å². The third kappa shape index (κ3) is 69.1. The molecule has 0 rings (SSSR count). The van der Waals surface area contributed by atoms with Gasteiger partial charge >= 0.3 is 11.9 Å². The van der Waals surface area contributed by atoms with Crippen molar-refractivity contribution < 1.29 is 24.2 Å². The van der Waals surface area contributed by atoms with Gasteiger partial charge in [-0.05, 0) is 83.5 Å². The summed E-state index contributed by atoms with van der Waals surface area (Å²) in [4.78, 5) is 24.7. The van der Waals surface area contributed by atoms with Gasteiger partial charge in [0.25, 0.3) is 0 Å². The SMILES string of the molecule is CC/C=C\C/C=C\C/C=C\C/C=C\C/C=C\C/C=C\C/C=C\C/C=C\C/C=C\CCCCCCCCCC(=O)OC(CO)COC(=O)CCCCCCCCCCCCCCCCCCCCCCCCCCCCCCCCCCC. The van der Waals surface area contributed by atoms with E-state index in [1.54, 1.807) is 0 Å². The molecule has 0 spiro atoms. The Hall–Kier alpha value is -3.44. The van der Waals surface area contributed by atoms with E-state index >= 15 is 0 Å². The smallest absolute Gasteiger partial charge is 0.306 e. The van der Waals surface area contributed by atoms with Crippen molar-refractivity contribution in [1.29, 1.82) is 0 Å². The molecule has 5 nitrogen and oxygen atoms in total. The maximum atomic E-state index is 12.4. The van der Waals surface area contributed by atoms with Crippen LogP contribution in [0.3, 0.4) is 0 Å². The van der Waals surface area contributed by atoms with Gasteiger partial charge in [-0.15, -0.1) is 0 Å². The Morgan fingerprint density at radius 1 is 0.293 bits per heavy atom. The van der Waals surface area contributed by atoms with E-state index in [2.05, 4.69) is 123 Å². The molecular weight excluding hydrogens is 1000 g/mol. The molecule has 0 aliphatic heterocycles. The molecule has 0 aromatic heterocycles. The van der Waals surface area contributed by atoms with Crippen LogP contribution in [0.25, 0.3) is 0 Å². The minimum absolute atomic E-state index is 0.0724. The average molecular weight is 1140 g/mol. The summed E-state index contributed by atoms with van der Waals surface area (Å²) in [6, 6.07) is 0. The van der Waals surface area contributed by atoms with Gasteiger partial charge in [0.15, 0.2) is 6.10 Å². The quantitative estimate of drug-likeness (QED) is 0.0373. The number of ether oxygens (including phenoxy) is 2. The number of hydrogen-bond donors (Lipinski definition) is 1. The van der Waals surface area contributed by atoms with Crippen molar-refractivity contribution in [3.8, 4) is 0 Å². The molecule has 1 unspecified atom stereocenters. The molecule has 0 aromatic carbocycles. The highest BCUT2D eigenvalue weighted by molar-refractivity contribution is 5.70. The molecule has 0 heterocycles. The van der Waals surface area contributed by atoms with E-state index in [0.29, 0.717) is 12.8 Å². The number of aliphatic hydroxyl groups is 1. The van der Waals surface area contributed by atoms with Crippen LogP contribution >= 0.6 is 0 Å². The van der Waals surface area contributed by atoms with E-state index in [0.717, 1.165) is 103 Å². The van der Waals surface area contributed by atoms with Gasteiger partial charge < -0.3 is 14.6 Å². The monoisotopic (exact) mass is 1140 g/mol. The predicted molar refractivity (Wildman–Crippen MR) is 362 cm³/mol. The minimum atomic E-state index is -0.785. The molecule has 5 heteroatoms. The number of hydrogen-bond acceptors (Lipinski definition) is 5. The number of carbonyl (C=O) groups excluding carboxylic acids is 2. The van der Waals surface area contributed by atoms with Crippen LogP contribution in [0.4, 0.5) is 0 Å². The van der Waals surface area contributed by atoms with Gasteiger partial charge in [0.2, 0.25) is 0 Å². The van der Waals surface area contributed by atoms with Crippen LogP contribution in [0.5, 0.6) is 0 Å². The maximum Gasteiger partial charge on any atom is 0.306 e. The zero-order chi connectivity index (χ0) is 59.1. The number of unbranched alkanes of at least 4 members (excludes halogenated alkanes) is 39. The molecule has 0 radical (unpaired) electrons. The summed E-state index contributed by atoms with van der Waals surface area (Å²) >= 11 is 0. The van der Waals surface area contributed by atoms with Crippen molar-refractivity contribution in [2.75, 3.05) is 13.2 Å². The van der Waals surface area contributed by atoms with Crippen LogP contribution in [0.2, 0.25) is 0 Å². The van der Waals surface area contributed by atoms with Gasteiger partial charge in [-0.2, -0.15) is 0 Å². The fourth-order valence-electron chi connectivity index (χ4n) is 10.3. The van der Waals surface area contributed by atoms with Crippen LogP contribution in [-0.2, 0) is 19.1 Å². The molecule has 0 aliphatic rings. The molecule has 0 saturated carbocycles. The van der Waals surface area contributed by atoms with Gasteiger partial charge in [0.05, 0.1) is 6.61 Å². The van der Waals surface area contributed by atoms with Crippen LogP contribution in [-0.4, -0.2) is 36.4 Å². The topological polar surface area (TPSA) is 72.8 Å². The summed E-state index contributed by atoms with van der Waals surface area (Å²) in [5.74, 6) is -0.594. The molecule has 472 valence electrons. The lowest BCUT2D eigenvalue weighted by molar-refractivity contribution is -0.161. The lowest BCUT2D eigenvalue weighted by atomic mass is 10.0. The second-order valence-electron chi connectivity index (χ2n) is 23.6. The van der Waals surface area contributed by atoms with Gasteiger partial charge in [-0.3, -0.25) is 9.59 Å². The first kappa shape index (κ1) is 78.6. The van der Waals surface area contributed by atoms with Crippen LogP contribution in [0.15, 0.2) is 109 Å². The largest absolute Gasteiger partial charge is 0.462 e. The zero-order valence-electron chi connectivity index (χ0n) is 54.2. The summed E-state index contributed by atoms with van der Waals surface area (Å²) < 4.78 is 10.8. The summed E-state index contributed by atoms with van der Waals surface area (Å²) in [5, 5.41) is 9.70. The molecule has 0 bridgehead atoms. The van der Waals surface area contributed by atoms with E-state index < -0.39 is 6.10 Å². The van der Waals surface area contributed by atoms with E-state index in [1.807, 2.05) is 0 Å². The highest BCUT2D eigenvalue weighted by Crippen LogP contribution is 2.18. The van der Waals surface area contributed by atoms with Crippen molar-refractivity contribution in [3.05, 3.63) is 109 Å². The van der Waals surface area contributed by atoms with Crippen LogP contribution in [0.1, 0.15) is 348 Å². The standard InChI is InChI=1S/C77H134O5/c1-3-5-7-9-11-13-15-17-19-21-23-25-27-29-31-33-35-37-38-40-42-44-46-48-50-52-54-56-58-60-62-64-66-68-70-72-77(80)82-75(73-78)74-81-76(79)71-69-67-65-63-61-59-57-55-53-51-49-47-45-43-41-39-36-34-32-30-28-26-24-22-20-18-16-14-12-10-8-6-4-2/h5,7,11,13,17,19,23,25,29,31,35,37,40,42,46,48,52,54,75,78H,3-4,6,8-10,12,14-16,18,20-22,24,26-28,30,32-34,36,38-39,41,43-45,47,49-51,53,55-74H2,1-2H3/b7-5-,13-11-,19-17-,25-23-,31-29-,37-35-,42-40-,48-46-,54-52-. The number of carbonyl (C=O) groups is 2. The number of esters is 2. The molecule has 0 aromatic rings. The Balaban J connectivity index is 3.50. The summed E-state index contributed by atoms with van der Waals surface area (Å²) in [5.41, 5.74) is 0. The van der Waals surface area contributed by atoms with Crippen molar-refractivity contribution >= 4 is 11.9 Å². The third-order valence-electron chi connectivity index (χ3n) is 15.6. The van der Waals surface area contributed by atoms with Crippen molar-refractivity contribution in [1.82, 2.24) is 0 Å². The Bertz CT molecular complexity index is 1570. The maximum absolute atomic E-state index is 12.4. The van der Waals surface area contributed by atoms with Crippen molar-refractivity contribution in [3.63, 3.8) is 0 Å². The second kappa shape index (κ2) is 71.8. The highest BCUT2D eigenvalue weighted by Gasteiger charge is 2.16. The second-order valence-corrected chi connectivity index (χ2v) is 23.6. The number of allylic oxidation sites excluding steroid dienone is 18. The molecule has 0 saturated heterocycles. The summed E-state index contributed by atoms with van der Waals surface area (Å²) in [7, 11) is 0. The lowest BCUT2D eigenvalue weighted by Crippen LogP contribution is -2.28. The zero-order valence-corrected chi connectivity index (χ0v) is 54.2. The van der Waals surface area contributed by atoms with Gasteiger partial charge in [0.1, 0.15) is 6.61 Å². The molecule has 0 fully saturated rings. The highest BCUT2D eigenvalue weighted by atomic mass is 16.6. The van der Waals surface area contributed by atoms with E-state index in [1.165, 1.54) is 218 Å². The lowest BCUT2D eigenvalue weighted by Gasteiger charge is -2.15. The number of rotatable bonds is 65. The van der Waals surface area contributed by atoms with E-state index in [4.69, 9.17) is 9.47 Å². The van der Waals surface area contributed by atoms with Gasteiger partial charge in [0, 0.05) is 12.8 Å². The first-order valence-electron chi connectivity index (χ1n) is 35.4. The Morgan fingerprint density at radius 3 is 0.793 bits per heavy atom. The normalized spacial score (nSPS) is 12.9. The molecular formula is C77H134O5. The average Bonchev–Trinajstić information content (AvgIpc) is 3.49. The van der Waals surface area contributed by atoms with Crippen LogP contribution < -0.4 is 0 Å². The first-order chi connectivity index (χ1) is 40.6. The van der Waals surface area contributed by atoms with Gasteiger partial charge in [-0.1, -0.05) is 361 Å². The Morgan fingerprint density at radius 2 is 0.524 bits per heavy atom. The van der Waals surface area contributed by atoms with Crippen molar-refractivity contribution in [2.24, 2.45) is 0 Å². The number of aliphatic hydroxyl groups excluding tert-OH is 1. The molecule has 1 atom stereocenters. The predicted octanol–water partition coefficient (Wildman–Crippen LogP) is 24.8. The van der Waals surface area contributed by atoms with Crippen molar-refractivity contribution in [2.45, 2.75) is 354 Å². The fourth-order valence-corrected chi connectivity index (χ4v) is 10.3. The minimum Gasteiger partial charge on any atom is -0.462 e. The third-order valence-corrected chi connectivity index (χ3v) is 15.6. The fraction of sp³-hybridized carbons (Fsp3) is 0.740. The van der Waals surface area contributed by atoms with E-state index in [-0.39, 0.29) is 25.2 Å². The molecule has 82 heavy (non-hydrogen) atoms. The summed E-state index contributed by atoms with van der Waals surface area (Å²) in [6.45, 7) is 4.06. The Labute approximate surface area is 510 Å².